The van der Waals surface area contributed by atoms with E-state index in [4.69, 9.17) is 15.6 Å². The number of anilines is 1. The Bertz CT molecular complexity index is 1550. The molecule has 0 aliphatic heterocycles. The number of rotatable bonds is 5. The SMILES string of the molecule is CN(C(=O)n1cncn1)C1CCCCC1n1nc(-c2ccc(Oc3ccccc3)cc2)c2c(N)ncnc21. The summed E-state index contributed by atoms with van der Waals surface area (Å²) in [5, 5.41) is 9.74. The first kappa shape index (κ1) is 23.6. The molecule has 0 spiro atoms. The Balaban J connectivity index is 1.37. The molecule has 38 heavy (non-hydrogen) atoms. The zero-order valence-corrected chi connectivity index (χ0v) is 20.9. The van der Waals surface area contributed by atoms with Gasteiger partial charge in [-0.25, -0.2) is 24.4 Å². The van der Waals surface area contributed by atoms with Crippen molar-refractivity contribution in [2.45, 2.75) is 37.8 Å². The molecule has 192 valence electrons. The smallest absolute Gasteiger partial charge is 0.346 e. The van der Waals surface area contributed by atoms with Gasteiger partial charge in [0.1, 0.15) is 42.0 Å². The quantitative estimate of drug-likeness (QED) is 0.365. The highest BCUT2D eigenvalue weighted by Crippen LogP contribution is 2.38. The third kappa shape index (κ3) is 4.32. The molecule has 2 unspecified atom stereocenters. The summed E-state index contributed by atoms with van der Waals surface area (Å²) >= 11 is 0. The Morgan fingerprint density at radius 1 is 1.00 bits per heavy atom. The number of carbonyl (C=O) groups is 1. The monoisotopic (exact) mass is 509 g/mol. The number of hydrogen-bond donors (Lipinski definition) is 1. The van der Waals surface area contributed by atoms with Crippen LogP contribution >= 0.6 is 0 Å². The number of nitrogens with zero attached hydrogens (tertiary/aromatic N) is 8. The van der Waals surface area contributed by atoms with E-state index in [2.05, 4.69) is 20.1 Å². The van der Waals surface area contributed by atoms with E-state index in [1.165, 1.54) is 23.7 Å². The molecule has 5 aromatic rings. The fourth-order valence-corrected chi connectivity index (χ4v) is 5.17. The van der Waals surface area contributed by atoms with Crippen molar-refractivity contribution in [2.75, 3.05) is 12.8 Å². The van der Waals surface area contributed by atoms with Gasteiger partial charge in [-0.15, -0.1) is 0 Å². The molecule has 1 fully saturated rings. The summed E-state index contributed by atoms with van der Waals surface area (Å²) in [4.78, 5) is 27.6. The third-order valence-electron chi connectivity index (χ3n) is 7.05. The van der Waals surface area contributed by atoms with Gasteiger partial charge >= 0.3 is 6.03 Å². The number of benzene rings is 2. The van der Waals surface area contributed by atoms with Gasteiger partial charge in [0.25, 0.3) is 0 Å². The highest BCUT2D eigenvalue weighted by atomic mass is 16.5. The first-order valence-electron chi connectivity index (χ1n) is 12.5. The van der Waals surface area contributed by atoms with Crippen molar-refractivity contribution >= 4 is 22.9 Å². The van der Waals surface area contributed by atoms with E-state index in [1.54, 1.807) is 11.9 Å². The lowest BCUT2D eigenvalue weighted by Crippen LogP contribution is -2.46. The van der Waals surface area contributed by atoms with Crippen molar-refractivity contribution in [3.8, 4) is 22.8 Å². The number of ether oxygens (including phenoxy) is 1. The number of hydrogen-bond acceptors (Lipinski definition) is 8. The second-order valence-corrected chi connectivity index (χ2v) is 9.34. The Morgan fingerprint density at radius 3 is 2.53 bits per heavy atom. The van der Waals surface area contributed by atoms with Gasteiger partial charge in [-0.1, -0.05) is 31.0 Å². The lowest BCUT2D eigenvalue weighted by molar-refractivity contribution is 0.136. The van der Waals surface area contributed by atoms with E-state index >= 15 is 0 Å². The van der Waals surface area contributed by atoms with Crippen LogP contribution in [0.25, 0.3) is 22.3 Å². The lowest BCUT2D eigenvalue weighted by Gasteiger charge is -2.37. The summed E-state index contributed by atoms with van der Waals surface area (Å²) in [6.07, 6.45) is 7.95. The Kier molecular flexibility index (Phi) is 6.16. The number of para-hydroxylation sites is 1. The topological polar surface area (TPSA) is 130 Å². The molecule has 1 amide bonds. The highest BCUT2D eigenvalue weighted by Gasteiger charge is 2.35. The van der Waals surface area contributed by atoms with Crippen LogP contribution in [0.2, 0.25) is 0 Å². The average Bonchev–Trinajstić information content (AvgIpc) is 3.63. The normalized spacial score (nSPS) is 17.4. The minimum absolute atomic E-state index is 0.0903. The van der Waals surface area contributed by atoms with Crippen LogP contribution in [-0.2, 0) is 0 Å². The summed E-state index contributed by atoms with van der Waals surface area (Å²) in [6.45, 7) is 0. The number of nitrogens with two attached hydrogens (primary N) is 1. The molecule has 1 aliphatic rings. The van der Waals surface area contributed by atoms with Crippen LogP contribution in [0, 0.1) is 0 Å². The molecule has 3 aromatic heterocycles. The van der Waals surface area contributed by atoms with Crippen LogP contribution in [0.4, 0.5) is 10.6 Å². The van der Waals surface area contributed by atoms with Crippen LogP contribution < -0.4 is 10.5 Å². The van der Waals surface area contributed by atoms with E-state index in [0.717, 1.165) is 37.0 Å². The van der Waals surface area contributed by atoms with Crippen molar-refractivity contribution in [1.82, 2.24) is 39.4 Å². The number of carbonyl (C=O) groups excluding carboxylic acids is 1. The number of fused-ring (bicyclic) bond motifs is 1. The molecule has 6 rings (SSSR count). The molecule has 1 aliphatic carbocycles. The Labute approximate surface area is 218 Å². The number of aromatic nitrogens is 7. The number of amides is 1. The van der Waals surface area contributed by atoms with Gasteiger partial charge < -0.3 is 15.4 Å². The van der Waals surface area contributed by atoms with E-state index in [0.29, 0.717) is 28.3 Å². The van der Waals surface area contributed by atoms with Crippen LogP contribution in [0.5, 0.6) is 11.5 Å². The molecule has 2 atom stereocenters. The summed E-state index contributed by atoms with van der Waals surface area (Å²) in [6, 6.07) is 16.9. The van der Waals surface area contributed by atoms with Crippen molar-refractivity contribution in [1.29, 1.82) is 0 Å². The Morgan fingerprint density at radius 2 is 1.76 bits per heavy atom. The van der Waals surface area contributed by atoms with Crippen molar-refractivity contribution < 1.29 is 9.53 Å². The van der Waals surface area contributed by atoms with E-state index in [1.807, 2.05) is 59.3 Å². The standard InChI is InChI=1S/C27H27N9O2/c1-34(27(37)35-17-29-15-32-35)21-9-5-6-10-22(21)36-26-23(25(28)30-16-31-26)24(33-36)18-11-13-20(14-12-18)38-19-7-3-2-4-8-19/h2-4,7-8,11-17,21-22H,5-6,9-10H2,1H3,(H2,28,30,31). The van der Waals surface area contributed by atoms with Gasteiger partial charge in [0.05, 0.1) is 17.5 Å². The minimum atomic E-state index is -0.237. The van der Waals surface area contributed by atoms with Crippen molar-refractivity contribution in [2.24, 2.45) is 0 Å². The van der Waals surface area contributed by atoms with Gasteiger partial charge in [-0.05, 0) is 49.2 Å². The molecule has 0 radical (unpaired) electrons. The second kappa shape index (κ2) is 9.92. The molecule has 2 aromatic carbocycles. The molecule has 0 bridgehead atoms. The fraction of sp³-hybridized carbons (Fsp3) is 0.259. The second-order valence-electron chi connectivity index (χ2n) is 9.34. The summed E-state index contributed by atoms with van der Waals surface area (Å²) in [7, 11) is 1.80. The van der Waals surface area contributed by atoms with Crippen LogP contribution in [0.1, 0.15) is 31.7 Å². The van der Waals surface area contributed by atoms with Crippen LogP contribution in [0.3, 0.4) is 0 Å². The van der Waals surface area contributed by atoms with Gasteiger partial charge in [-0.3, -0.25) is 0 Å². The summed E-state index contributed by atoms with van der Waals surface area (Å²) < 4.78 is 9.12. The highest BCUT2D eigenvalue weighted by molar-refractivity contribution is 5.98. The average molecular weight is 510 g/mol. The van der Waals surface area contributed by atoms with E-state index in [-0.39, 0.29) is 18.1 Å². The predicted octanol–water partition coefficient (Wildman–Crippen LogP) is 4.54. The van der Waals surface area contributed by atoms with Crippen LogP contribution in [0.15, 0.2) is 73.6 Å². The predicted molar refractivity (Wildman–Crippen MR) is 142 cm³/mol. The van der Waals surface area contributed by atoms with Gasteiger partial charge in [0.15, 0.2) is 5.65 Å². The Hall–Kier alpha value is -4.80. The molecule has 3 heterocycles. The van der Waals surface area contributed by atoms with Crippen molar-refractivity contribution in [3.63, 3.8) is 0 Å². The number of likely N-dealkylation sites (N-methyl/N-ethyl adjacent to an activating group) is 1. The molecule has 1 saturated carbocycles. The lowest BCUT2D eigenvalue weighted by atomic mass is 9.89. The zero-order valence-electron chi connectivity index (χ0n) is 20.9. The summed E-state index contributed by atoms with van der Waals surface area (Å²) in [5.41, 5.74) is 8.58. The maximum absolute atomic E-state index is 13.1. The van der Waals surface area contributed by atoms with E-state index < -0.39 is 0 Å². The largest absolute Gasteiger partial charge is 0.457 e. The van der Waals surface area contributed by atoms with Gasteiger partial charge in [0, 0.05) is 12.6 Å². The molecular weight excluding hydrogens is 482 g/mol. The maximum atomic E-state index is 13.1. The van der Waals surface area contributed by atoms with Crippen molar-refractivity contribution in [3.05, 3.63) is 73.6 Å². The molecular formula is C27H27N9O2. The first-order chi connectivity index (χ1) is 18.6. The molecule has 0 saturated heterocycles. The molecule has 11 heteroatoms. The third-order valence-corrected chi connectivity index (χ3v) is 7.05. The zero-order chi connectivity index (χ0) is 26.1. The summed E-state index contributed by atoms with van der Waals surface area (Å²) in [5.74, 6) is 1.84. The van der Waals surface area contributed by atoms with Gasteiger partial charge in [-0.2, -0.15) is 14.9 Å². The first-order valence-corrected chi connectivity index (χ1v) is 12.5. The van der Waals surface area contributed by atoms with Crippen LogP contribution in [-0.4, -0.2) is 58.5 Å². The van der Waals surface area contributed by atoms with Gasteiger partial charge in [0.2, 0.25) is 0 Å². The minimum Gasteiger partial charge on any atom is -0.457 e. The van der Waals surface area contributed by atoms with E-state index in [9.17, 15) is 4.79 Å². The molecule has 11 nitrogen and oxygen atoms in total. The number of nitrogen functional groups attached to an aromatic ring is 1. The fourth-order valence-electron chi connectivity index (χ4n) is 5.17. The maximum Gasteiger partial charge on any atom is 0.346 e. The molecule has 2 N–H and O–H groups in total.